The monoisotopic (exact) mass is 217 g/mol. The SMILES string of the molecule is OC1(c2ccc([B-](F)(F)F)cc2)COC1. The quantitative estimate of drug-likeness (QED) is 0.747. The predicted octanol–water partition coefficient (Wildman–Crippen LogP) is 0.959. The lowest BCUT2D eigenvalue weighted by molar-refractivity contribution is -0.184. The number of benzene rings is 1. The van der Waals surface area contributed by atoms with Crippen molar-refractivity contribution < 1.29 is 22.8 Å². The van der Waals surface area contributed by atoms with Crippen LogP contribution in [-0.4, -0.2) is 25.3 Å². The summed E-state index contributed by atoms with van der Waals surface area (Å²) in [6.07, 6.45) is 0. The van der Waals surface area contributed by atoms with Crippen LogP contribution in [0.3, 0.4) is 0 Å². The van der Waals surface area contributed by atoms with Crippen molar-refractivity contribution in [3.63, 3.8) is 0 Å². The molecule has 1 aliphatic rings. The average Bonchev–Trinajstić information content (AvgIpc) is 2.13. The van der Waals surface area contributed by atoms with Crippen molar-refractivity contribution in [1.82, 2.24) is 0 Å². The number of hydrogen-bond acceptors (Lipinski definition) is 2. The average molecular weight is 217 g/mol. The Morgan fingerprint density at radius 3 is 2.00 bits per heavy atom. The lowest BCUT2D eigenvalue weighted by Crippen LogP contribution is -2.46. The smallest absolute Gasteiger partial charge is 0.445 e. The largest absolute Gasteiger partial charge is 0.509 e. The third kappa shape index (κ3) is 1.87. The molecule has 0 bridgehead atoms. The van der Waals surface area contributed by atoms with Gasteiger partial charge < -0.3 is 22.8 Å². The third-order valence-electron chi connectivity index (χ3n) is 2.51. The molecule has 2 nitrogen and oxygen atoms in total. The molecular weight excluding hydrogens is 208 g/mol. The Bertz CT molecular complexity index is 357. The molecule has 6 heteroatoms. The maximum Gasteiger partial charge on any atom is 0.509 e. The number of aliphatic hydroxyl groups is 1. The Hall–Kier alpha value is -1.01. The van der Waals surface area contributed by atoms with Gasteiger partial charge in [0.15, 0.2) is 0 Å². The third-order valence-corrected chi connectivity index (χ3v) is 2.51. The molecule has 1 N–H and O–H groups in total. The van der Waals surface area contributed by atoms with E-state index < -0.39 is 18.0 Å². The molecule has 0 unspecified atom stereocenters. The lowest BCUT2D eigenvalue weighted by atomic mass is 9.78. The first kappa shape index (κ1) is 10.5. The molecule has 1 aliphatic heterocycles. The number of ether oxygens (including phenoxy) is 1. The zero-order valence-corrected chi connectivity index (χ0v) is 7.79. The van der Waals surface area contributed by atoms with Crippen molar-refractivity contribution in [3.05, 3.63) is 29.8 Å². The van der Waals surface area contributed by atoms with Crippen LogP contribution in [0.1, 0.15) is 5.56 Å². The highest BCUT2D eigenvalue weighted by molar-refractivity contribution is 6.73. The summed E-state index contributed by atoms with van der Waals surface area (Å²) < 4.78 is 41.7. The van der Waals surface area contributed by atoms with Crippen molar-refractivity contribution in [3.8, 4) is 0 Å². The highest BCUT2D eigenvalue weighted by Crippen LogP contribution is 2.28. The molecule has 0 saturated carbocycles. The number of hydrogen-bond donors (Lipinski definition) is 1. The van der Waals surface area contributed by atoms with Crippen LogP contribution >= 0.6 is 0 Å². The van der Waals surface area contributed by atoms with Gasteiger partial charge in [-0.15, -0.1) is 5.46 Å². The first-order chi connectivity index (χ1) is 6.92. The fraction of sp³-hybridized carbons (Fsp3) is 0.333. The molecule has 1 fully saturated rings. The highest BCUT2D eigenvalue weighted by atomic mass is 19.4. The van der Waals surface area contributed by atoms with Crippen molar-refractivity contribution in [2.75, 3.05) is 13.2 Å². The van der Waals surface area contributed by atoms with Gasteiger partial charge in [-0.3, -0.25) is 0 Å². The molecule has 0 amide bonds. The van der Waals surface area contributed by atoms with Gasteiger partial charge >= 0.3 is 6.98 Å². The Morgan fingerprint density at radius 1 is 1.13 bits per heavy atom. The van der Waals surface area contributed by atoms with E-state index in [1.54, 1.807) is 0 Å². The fourth-order valence-corrected chi connectivity index (χ4v) is 1.47. The molecule has 0 aliphatic carbocycles. The van der Waals surface area contributed by atoms with Crippen LogP contribution < -0.4 is 5.46 Å². The van der Waals surface area contributed by atoms with Crippen molar-refractivity contribution in [2.45, 2.75) is 5.60 Å². The minimum absolute atomic E-state index is 0.142. The van der Waals surface area contributed by atoms with E-state index in [1.807, 2.05) is 0 Å². The summed E-state index contributed by atoms with van der Waals surface area (Å²) >= 11 is 0. The second-order valence-electron chi connectivity index (χ2n) is 3.72. The van der Waals surface area contributed by atoms with Gasteiger partial charge in [0, 0.05) is 0 Å². The van der Waals surface area contributed by atoms with E-state index >= 15 is 0 Å². The van der Waals surface area contributed by atoms with E-state index in [0.29, 0.717) is 5.56 Å². The van der Waals surface area contributed by atoms with Gasteiger partial charge in [-0.2, -0.15) is 0 Å². The van der Waals surface area contributed by atoms with Crippen LogP contribution in [0.25, 0.3) is 0 Å². The van der Waals surface area contributed by atoms with Crippen LogP contribution in [0.2, 0.25) is 0 Å². The van der Waals surface area contributed by atoms with E-state index in [2.05, 4.69) is 0 Å². The molecule has 1 saturated heterocycles. The number of rotatable bonds is 2. The van der Waals surface area contributed by atoms with Gasteiger partial charge in [0.05, 0.1) is 13.2 Å². The molecule has 1 aromatic rings. The van der Waals surface area contributed by atoms with Gasteiger partial charge in [0.1, 0.15) is 5.60 Å². The van der Waals surface area contributed by atoms with Crippen molar-refractivity contribution >= 4 is 12.4 Å². The topological polar surface area (TPSA) is 29.5 Å². The van der Waals surface area contributed by atoms with Crippen molar-refractivity contribution in [1.29, 1.82) is 0 Å². The first-order valence-electron chi connectivity index (χ1n) is 4.52. The minimum Gasteiger partial charge on any atom is -0.445 e. The molecule has 0 radical (unpaired) electrons. The molecule has 1 aromatic carbocycles. The predicted molar refractivity (Wildman–Crippen MR) is 49.9 cm³/mol. The Balaban J connectivity index is 2.24. The van der Waals surface area contributed by atoms with Gasteiger partial charge in [-0.25, -0.2) is 0 Å². The first-order valence-corrected chi connectivity index (χ1v) is 4.52. The van der Waals surface area contributed by atoms with Gasteiger partial charge in [0.25, 0.3) is 0 Å². The van der Waals surface area contributed by atoms with E-state index in [1.165, 1.54) is 12.1 Å². The molecule has 82 valence electrons. The standard InChI is InChI=1S/C9H9BF3O2/c11-10(12,13)8-3-1-7(2-4-8)9(14)5-15-6-9/h1-4,14H,5-6H2/q-1. The van der Waals surface area contributed by atoms with Gasteiger partial charge in [0.2, 0.25) is 0 Å². The summed E-state index contributed by atoms with van der Waals surface area (Å²) in [6.45, 7) is -4.67. The second-order valence-corrected chi connectivity index (χ2v) is 3.72. The summed E-state index contributed by atoms with van der Waals surface area (Å²) in [6, 6.07) is 4.58. The molecular formula is C9H9BF3O2-. The van der Waals surface area contributed by atoms with Crippen LogP contribution in [0.5, 0.6) is 0 Å². The lowest BCUT2D eigenvalue weighted by Gasteiger charge is -2.37. The maximum absolute atomic E-state index is 12.3. The Morgan fingerprint density at radius 2 is 1.67 bits per heavy atom. The summed E-state index contributed by atoms with van der Waals surface area (Å²) in [7, 11) is 0. The van der Waals surface area contributed by atoms with Crippen LogP contribution in [0.15, 0.2) is 24.3 Å². The van der Waals surface area contributed by atoms with Gasteiger partial charge in [-0.1, -0.05) is 24.3 Å². The van der Waals surface area contributed by atoms with E-state index in [-0.39, 0.29) is 13.2 Å². The summed E-state index contributed by atoms with van der Waals surface area (Å²) in [4.78, 5) is 0. The van der Waals surface area contributed by atoms with Crippen LogP contribution in [0, 0.1) is 0 Å². The minimum atomic E-state index is -4.96. The summed E-state index contributed by atoms with van der Waals surface area (Å²) in [5.74, 6) is 0. The molecule has 0 aromatic heterocycles. The zero-order chi connectivity index (χ0) is 11.1. The Labute approximate surface area is 84.7 Å². The molecule has 0 spiro atoms. The Kier molecular flexibility index (Phi) is 2.28. The van der Waals surface area contributed by atoms with E-state index in [9.17, 15) is 18.1 Å². The molecule has 15 heavy (non-hydrogen) atoms. The normalized spacial score (nSPS) is 19.7. The second kappa shape index (κ2) is 3.25. The fourth-order valence-electron chi connectivity index (χ4n) is 1.47. The van der Waals surface area contributed by atoms with E-state index in [0.717, 1.165) is 12.1 Å². The van der Waals surface area contributed by atoms with E-state index in [4.69, 9.17) is 4.74 Å². The number of halogens is 3. The molecule has 1 heterocycles. The maximum atomic E-state index is 12.3. The summed E-state index contributed by atoms with van der Waals surface area (Å²) in [5.41, 5.74) is -1.28. The summed E-state index contributed by atoms with van der Waals surface area (Å²) in [5, 5.41) is 9.77. The van der Waals surface area contributed by atoms with Crippen LogP contribution in [0.4, 0.5) is 12.9 Å². The zero-order valence-electron chi connectivity index (χ0n) is 7.79. The molecule has 2 rings (SSSR count). The molecule has 0 atom stereocenters. The highest BCUT2D eigenvalue weighted by Gasteiger charge is 2.38. The van der Waals surface area contributed by atoms with Gasteiger partial charge in [-0.05, 0) is 5.56 Å². The van der Waals surface area contributed by atoms with Crippen LogP contribution in [-0.2, 0) is 10.3 Å². The van der Waals surface area contributed by atoms with Crippen molar-refractivity contribution in [2.24, 2.45) is 0 Å².